The summed E-state index contributed by atoms with van der Waals surface area (Å²) >= 11 is 1.85. The van der Waals surface area contributed by atoms with E-state index >= 15 is 0 Å². The summed E-state index contributed by atoms with van der Waals surface area (Å²) in [6.45, 7) is 4.38. The van der Waals surface area contributed by atoms with Gasteiger partial charge in [-0.15, -0.1) is 0 Å². The lowest BCUT2D eigenvalue weighted by atomic mass is 10.2. The molecule has 0 radical (unpaired) electrons. The first-order chi connectivity index (χ1) is 7.65. The Kier molecular flexibility index (Phi) is 3.15. The molecule has 2 N–H and O–H groups in total. The Balaban J connectivity index is 2.71. The Bertz CT molecular complexity index is 500. The van der Waals surface area contributed by atoms with E-state index < -0.39 is 0 Å². The van der Waals surface area contributed by atoms with E-state index in [-0.39, 0.29) is 0 Å². The fourth-order valence-electron chi connectivity index (χ4n) is 2.09. The van der Waals surface area contributed by atoms with Gasteiger partial charge in [-0.3, -0.25) is 0 Å². The molecule has 16 heavy (non-hydrogen) atoms. The SMILES string of the molecule is CSCc1cn(C(C)C)c2c(N)cccc12. The summed E-state index contributed by atoms with van der Waals surface area (Å²) in [5.74, 6) is 1.04. The molecule has 0 atom stereocenters. The maximum atomic E-state index is 6.08. The molecule has 0 bridgehead atoms. The summed E-state index contributed by atoms with van der Waals surface area (Å²) in [4.78, 5) is 0. The van der Waals surface area contributed by atoms with Crippen LogP contribution in [0.15, 0.2) is 24.4 Å². The van der Waals surface area contributed by atoms with Gasteiger partial charge < -0.3 is 10.3 Å². The van der Waals surface area contributed by atoms with Gasteiger partial charge in [0, 0.05) is 23.4 Å². The van der Waals surface area contributed by atoms with Gasteiger partial charge >= 0.3 is 0 Å². The molecule has 0 aliphatic heterocycles. The van der Waals surface area contributed by atoms with Crippen LogP contribution in [0.5, 0.6) is 0 Å². The van der Waals surface area contributed by atoms with Crippen molar-refractivity contribution in [1.29, 1.82) is 0 Å². The van der Waals surface area contributed by atoms with Gasteiger partial charge in [0.1, 0.15) is 0 Å². The largest absolute Gasteiger partial charge is 0.397 e. The third-order valence-electron chi connectivity index (χ3n) is 2.82. The van der Waals surface area contributed by atoms with Crippen molar-refractivity contribution in [3.8, 4) is 0 Å². The highest BCUT2D eigenvalue weighted by Crippen LogP contribution is 2.30. The molecule has 2 rings (SSSR count). The average Bonchev–Trinajstić information content (AvgIpc) is 2.60. The number of hydrogen-bond donors (Lipinski definition) is 1. The maximum Gasteiger partial charge on any atom is 0.0719 e. The molecular formula is C13H18N2S. The van der Waals surface area contributed by atoms with Crippen molar-refractivity contribution in [3.63, 3.8) is 0 Å². The molecule has 0 saturated carbocycles. The summed E-state index contributed by atoms with van der Waals surface area (Å²) in [6, 6.07) is 6.62. The van der Waals surface area contributed by atoms with Crippen molar-refractivity contribution in [2.75, 3.05) is 12.0 Å². The van der Waals surface area contributed by atoms with Gasteiger partial charge in [0.25, 0.3) is 0 Å². The Hall–Kier alpha value is -1.09. The highest BCUT2D eigenvalue weighted by molar-refractivity contribution is 7.97. The minimum Gasteiger partial charge on any atom is -0.397 e. The molecular weight excluding hydrogens is 216 g/mol. The molecule has 1 heterocycles. The normalized spacial score (nSPS) is 11.5. The van der Waals surface area contributed by atoms with E-state index in [4.69, 9.17) is 5.73 Å². The van der Waals surface area contributed by atoms with Crippen LogP contribution >= 0.6 is 11.8 Å². The van der Waals surface area contributed by atoms with Gasteiger partial charge in [-0.25, -0.2) is 0 Å². The molecule has 86 valence electrons. The van der Waals surface area contributed by atoms with Crippen molar-refractivity contribution in [1.82, 2.24) is 4.57 Å². The van der Waals surface area contributed by atoms with Crippen LogP contribution in [0.3, 0.4) is 0 Å². The summed E-state index contributed by atoms with van der Waals surface area (Å²) in [6.07, 6.45) is 4.37. The molecule has 0 aliphatic rings. The number of hydrogen-bond acceptors (Lipinski definition) is 2. The van der Waals surface area contributed by atoms with Gasteiger partial charge in [-0.1, -0.05) is 12.1 Å². The van der Waals surface area contributed by atoms with Gasteiger partial charge in [0.2, 0.25) is 0 Å². The van der Waals surface area contributed by atoms with Crippen molar-refractivity contribution in [2.45, 2.75) is 25.6 Å². The molecule has 0 fully saturated rings. The highest BCUT2D eigenvalue weighted by atomic mass is 32.2. The van der Waals surface area contributed by atoms with Crippen LogP contribution in [0.25, 0.3) is 10.9 Å². The second-order valence-electron chi connectivity index (χ2n) is 4.33. The lowest BCUT2D eigenvalue weighted by Crippen LogP contribution is -2.00. The van der Waals surface area contributed by atoms with E-state index in [2.05, 4.69) is 36.9 Å². The number of fused-ring (bicyclic) bond motifs is 1. The van der Waals surface area contributed by atoms with Crippen LogP contribution in [-0.4, -0.2) is 10.8 Å². The summed E-state index contributed by atoms with van der Waals surface area (Å²) < 4.78 is 2.27. The minimum absolute atomic E-state index is 0.447. The van der Waals surface area contributed by atoms with Crippen LogP contribution < -0.4 is 5.73 Å². The fourth-order valence-corrected chi connectivity index (χ4v) is 2.63. The zero-order valence-electron chi connectivity index (χ0n) is 10.0. The summed E-state index contributed by atoms with van der Waals surface area (Å²) in [5.41, 5.74) is 9.51. The van der Waals surface area contributed by atoms with E-state index in [9.17, 15) is 0 Å². The lowest BCUT2D eigenvalue weighted by Gasteiger charge is -2.10. The number of aromatic nitrogens is 1. The predicted molar refractivity (Wildman–Crippen MR) is 74.0 cm³/mol. The number of thioether (sulfide) groups is 1. The van der Waals surface area contributed by atoms with Crippen molar-refractivity contribution in [2.24, 2.45) is 0 Å². The number of nitrogens with zero attached hydrogens (tertiary/aromatic N) is 1. The number of para-hydroxylation sites is 1. The first kappa shape index (κ1) is 11.4. The smallest absolute Gasteiger partial charge is 0.0719 e. The zero-order valence-corrected chi connectivity index (χ0v) is 10.8. The lowest BCUT2D eigenvalue weighted by molar-refractivity contribution is 0.622. The number of anilines is 1. The third-order valence-corrected chi connectivity index (χ3v) is 3.42. The fraction of sp³-hybridized carbons (Fsp3) is 0.385. The molecule has 0 unspecified atom stereocenters. The third kappa shape index (κ3) is 1.80. The average molecular weight is 234 g/mol. The van der Waals surface area contributed by atoms with E-state index in [1.807, 2.05) is 23.9 Å². The van der Waals surface area contributed by atoms with Gasteiger partial charge in [-0.2, -0.15) is 11.8 Å². The first-order valence-electron chi connectivity index (χ1n) is 5.52. The number of rotatable bonds is 3. The van der Waals surface area contributed by atoms with E-state index in [1.165, 1.54) is 16.5 Å². The monoisotopic (exact) mass is 234 g/mol. The second kappa shape index (κ2) is 4.42. The van der Waals surface area contributed by atoms with Gasteiger partial charge in [-0.05, 0) is 31.7 Å². The summed E-state index contributed by atoms with van der Waals surface area (Å²) in [7, 11) is 0. The first-order valence-corrected chi connectivity index (χ1v) is 6.91. The van der Waals surface area contributed by atoms with Crippen LogP contribution in [0.1, 0.15) is 25.5 Å². The van der Waals surface area contributed by atoms with E-state index in [0.717, 1.165) is 11.4 Å². The van der Waals surface area contributed by atoms with Crippen LogP contribution in [0.4, 0.5) is 5.69 Å². The summed E-state index contributed by atoms with van der Waals surface area (Å²) in [5, 5.41) is 1.29. The molecule has 0 aliphatic carbocycles. The molecule has 0 spiro atoms. The zero-order chi connectivity index (χ0) is 11.7. The molecule has 2 aromatic rings. The van der Waals surface area contributed by atoms with Crippen molar-refractivity contribution in [3.05, 3.63) is 30.0 Å². The molecule has 0 amide bonds. The molecule has 3 heteroatoms. The highest BCUT2D eigenvalue weighted by Gasteiger charge is 2.11. The van der Waals surface area contributed by atoms with Crippen LogP contribution in [-0.2, 0) is 5.75 Å². The van der Waals surface area contributed by atoms with Gasteiger partial charge in [0.05, 0.1) is 11.2 Å². The van der Waals surface area contributed by atoms with E-state index in [0.29, 0.717) is 6.04 Å². The van der Waals surface area contributed by atoms with Crippen LogP contribution in [0, 0.1) is 0 Å². The number of nitrogen functional groups attached to an aromatic ring is 1. The second-order valence-corrected chi connectivity index (χ2v) is 5.20. The van der Waals surface area contributed by atoms with Crippen molar-refractivity contribution < 1.29 is 0 Å². The predicted octanol–water partition coefficient (Wildman–Crippen LogP) is 3.67. The molecule has 1 aromatic heterocycles. The topological polar surface area (TPSA) is 30.9 Å². The number of benzene rings is 1. The minimum atomic E-state index is 0.447. The van der Waals surface area contributed by atoms with Gasteiger partial charge in [0.15, 0.2) is 0 Å². The number of nitrogens with two attached hydrogens (primary N) is 1. The molecule has 2 nitrogen and oxygen atoms in total. The van der Waals surface area contributed by atoms with Crippen molar-refractivity contribution >= 4 is 28.4 Å². The Morgan fingerprint density at radius 2 is 2.12 bits per heavy atom. The molecule has 1 aromatic carbocycles. The Labute approximate surface area is 101 Å². The van der Waals surface area contributed by atoms with E-state index in [1.54, 1.807) is 0 Å². The molecule has 0 saturated heterocycles. The maximum absolute atomic E-state index is 6.08. The quantitative estimate of drug-likeness (QED) is 0.821. The Morgan fingerprint density at radius 1 is 1.38 bits per heavy atom. The van der Waals surface area contributed by atoms with Crippen LogP contribution in [0.2, 0.25) is 0 Å². The standard InChI is InChI=1S/C13H18N2S/c1-9(2)15-7-10(8-16-3)11-5-4-6-12(14)13(11)15/h4-7,9H,8,14H2,1-3H3. The Morgan fingerprint density at radius 3 is 2.75 bits per heavy atom.